The van der Waals surface area contributed by atoms with E-state index in [1.54, 1.807) is 0 Å². The number of carbonyl (C=O) groups excluding carboxylic acids is 1. The SMILES string of the molecule is CCn1c(C)cc(C(=O)N(CC(=O)O)CC(C)C)c1C. The molecule has 1 N–H and O–H groups in total. The maximum atomic E-state index is 12.6. The van der Waals surface area contributed by atoms with Crippen molar-refractivity contribution in [2.45, 2.75) is 41.2 Å². The van der Waals surface area contributed by atoms with Crippen LogP contribution in [0.4, 0.5) is 0 Å². The molecule has 5 heteroatoms. The standard InChI is InChI=1S/C15H24N2O3/c1-6-17-11(4)7-13(12(17)5)15(20)16(8-10(2)3)9-14(18)19/h7,10H,6,8-9H2,1-5H3,(H,18,19). The van der Waals surface area contributed by atoms with E-state index in [9.17, 15) is 9.59 Å². The maximum absolute atomic E-state index is 12.6. The summed E-state index contributed by atoms with van der Waals surface area (Å²) in [6.07, 6.45) is 0. The van der Waals surface area contributed by atoms with Crippen LogP contribution in [0.1, 0.15) is 42.5 Å². The van der Waals surface area contributed by atoms with Crippen LogP contribution in [0.5, 0.6) is 0 Å². The van der Waals surface area contributed by atoms with Gasteiger partial charge in [0.15, 0.2) is 0 Å². The average Bonchev–Trinajstić information content (AvgIpc) is 2.61. The highest BCUT2D eigenvalue weighted by Crippen LogP contribution is 2.17. The number of carboxylic acids is 1. The number of aryl methyl sites for hydroxylation is 1. The summed E-state index contributed by atoms with van der Waals surface area (Å²) in [6, 6.07) is 1.84. The van der Waals surface area contributed by atoms with E-state index < -0.39 is 5.97 Å². The van der Waals surface area contributed by atoms with Gasteiger partial charge in [-0.1, -0.05) is 13.8 Å². The molecule has 0 saturated carbocycles. The topological polar surface area (TPSA) is 62.5 Å². The van der Waals surface area contributed by atoms with Gasteiger partial charge in [0.2, 0.25) is 0 Å². The summed E-state index contributed by atoms with van der Waals surface area (Å²) in [6.45, 7) is 10.8. The lowest BCUT2D eigenvalue weighted by Gasteiger charge is -2.22. The van der Waals surface area contributed by atoms with Crippen molar-refractivity contribution in [1.82, 2.24) is 9.47 Å². The van der Waals surface area contributed by atoms with Gasteiger partial charge >= 0.3 is 5.97 Å². The number of carbonyl (C=O) groups is 2. The fraction of sp³-hybridized carbons (Fsp3) is 0.600. The molecule has 0 fully saturated rings. The minimum atomic E-state index is -0.983. The highest BCUT2D eigenvalue weighted by atomic mass is 16.4. The number of carboxylic acid groups (broad SMARTS) is 1. The Morgan fingerprint density at radius 2 is 1.95 bits per heavy atom. The second kappa shape index (κ2) is 6.59. The first-order valence-electron chi connectivity index (χ1n) is 6.95. The zero-order valence-corrected chi connectivity index (χ0v) is 12.9. The molecular formula is C15H24N2O3. The number of nitrogens with zero attached hydrogens (tertiary/aromatic N) is 2. The third-order valence-corrected chi connectivity index (χ3v) is 3.32. The van der Waals surface area contributed by atoms with Crippen molar-refractivity contribution in [2.75, 3.05) is 13.1 Å². The van der Waals surface area contributed by atoms with E-state index in [-0.39, 0.29) is 18.4 Å². The predicted molar refractivity (Wildman–Crippen MR) is 78.0 cm³/mol. The fourth-order valence-corrected chi connectivity index (χ4v) is 2.50. The van der Waals surface area contributed by atoms with Crippen molar-refractivity contribution >= 4 is 11.9 Å². The molecule has 0 aromatic carbocycles. The smallest absolute Gasteiger partial charge is 0.323 e. The number of aromatic nitrogens is 1. The first-order chi connectivity index (χ1) is 9.27. The molecule has 5 nitrogen and oxygen atoms in total. The molecule has 0 bridgehead atoms. The van der Waals surface area contributed by atoms with Gasteiger partial charge in [-0.2, -0.15) is 0 Å². The van der Waals surface area contributed by atoms with E-state index >= 15 is 0 Å². The largest absolute Gasteiger partial charge is 0.480 e. The maximum Gasteiger partial charge on any atom is 0.323 e. The summed E-state index contributed by atoms with van der Waals surface area (Å²) in [5, 5.41) is 8.97. The van der Waals surface area contributed by atoms with Crippen molar-refractivity contribution in [3.8, 4) is 0 Å². The summed E-state index contributed by atoms with van der Waals surface area (Å²) in [7, 11) is 0. The Balaban J connectivity index is 3.08. The predicted octanol–water partition coefficient (Wildman–Crippen LogP) is 2.31. The number of hydrogen-bond acceptors (Lipinski definition) is 2. The zero-order valence-electron chi connectivity index (χ0n) is 12.9. The van der Waals surface area contributed by atoms with E-state index in [0.29, 0.717) is 12.1 Å². The first-order valence-corrected chi connectivity index (χ1v) is 6.95. The van der Waals surface area contributed by atoms with Gasteiger partial charge in [0.25, 0.3) is 5.91 Å². The summed E-state index contributed by atoms with van der Waals surface area (Å²) >= 11 is 0. The minimum absolute atomic E-state index is 0.200. The second-order valence-corrected chi connectivity index (χ2v) is 5.50. The van der Waals surface area contributed by atoms with Crippen LogP contribution >= 0.6 is 0 Å². The average molecular weight is 280 g/mol. The molecule has 1 aromatic rings. The van der Waals surface area contributed by atoms with Gasteiger partial charge in [-0.25, -0.2) is 0 Å². The number of amides is 1. The summed E-state index contributed by atoms with van der Waals surface area (Å²) < 4.78 is 2.06. The van der Waals surface area contributed by atoms with Crippen LogP contribution in [-0.2, 0) is 11.3 Å². The summed E-state index contributed by atoms with van der Waals surface area (Å²) in [4.78, 5) is 24.9. The normalized spacial score (nSPS) is 10.9. The van der Waals surface area contributed by atoms with Crippen LogP contribution in [0.2, 0.25) is 0 Å². The fourth-order valence-electron chi connectivity index (χ4n) is 2.50. The Labute approximate surface area is 120 Å². The quantitative estimate of drug-likeness (QED) is 0.869. The molecule has 0 aliphatic heterocycles. The van der Waals surface area contributed by atoms with E-state index in [4.69, 9.17) is 5.11 Å². The molecule has 0 radical (unpaired) electrons. The third kappa shape index (κ3) is 3.62. The molecule has 0 atom stereocenters. The molecule has 0 spiro atoms. The molecule has 1 aromatic heterocycles. The molecule has 112 valence electrons. The highest BCUT2D eigenvalue weighted by Gasteiger charge is 2.23. The van der Waals surface area contributed by atoms with Crippen molar-refractivity contribution in [3.63, 3.8) is 0 Å². The highest BCUT2D eigenvalue weighted by molar-refractivity contribution is 5.97. The lowest BCUT2D eigenvalue weighted by molar-refractivity contribution is -0.137. The van der Waals surface area contributed by atoms with E-state index in [1.165, 1.54) is 4.90 Å². The zero-order chi connectivity index (χ0) is 15.4. The van der Waals surface area contributed by atoms with Crippen LogP contribution in [0, 0.1) is 19.8 Å². The van der Waals surface area contributed by atoms with Gasteiger partial charge < -0.3 is 14.6 Å². The molecular weight excluding hydrogens is 256 g/mol. The third-order valence-electron chi connectivity index (χ3n) is 3.32. The van der Waals surface area contributed by atoms with Gasteiger partial charge in [0, 0.05) is 24.5 Å². The van der Waals surface area contributed by atoms with Gasteiger partial charge in [0.05, 0.1) is 5.56 Å². The molecule has 20 heavy (non-hydrogen) atoms. The molecule has 1 heterocycles. The summed E-state index contributed by atoms with van der Waals surface area (Å²) in [5.41, 5.74) is 2.52. The Morgan fingerprint density at radius 3 is 2.35 bits per heavy atom. The van der Waals surface area contributed by atoms with Crippen LogP contribution in [-0.4, -0.2) is 39.5 Å². The van der Waals surface area contributed by atoms with E-state index in [0.717, 1.165) is 17.9 Å². The van der Waals surface area contributed by atoms with Crippen molar-refractivity contribution in [2.24, 2.45) is 5.92 Å². The van der Waals surface area contributed by atoms with Crippen molar-refractivity contribution < 1.29 is 14.7 Å². The monoisotopic (exact) mass is 280 g/mol. The van der Waals surface area contributed by atoms with E-state index in [1.807, 2.05) is 40.7 Å². The Hall–Kier alpha value is -1.78. The van der Waals surface area contributed by atoms with Crippen LogP contribution in [0.3, 0.4) is 0 Å². The van der Waals surface area contributed by atoms with Crippen molar-refractivity contribution in [3.05, 3.63) is 23.0 Å². The van der Waals surface area contributed by atoms with Crippen LogP contribution < -0.4 is 0 Å². The number of rotatable bonds is 6. The van der Waals surface area contributed by atoms with Gasteiger partial charge in [-0.15, -0.1) is 0 Å². The lowest BCUT2D eigenvalue weighted by atomic mass is 10.1. The minimum Gasteiger partial charge on any atom is -0.480 e. The molecule has 1 amide bonds. The Kier molecular flexibility index (Phi) is 5.36. The molecule has 0 aliphatic rings. The molecule has 1 rings (SSSR count). The summed E-state index contributed by atoms with van der Waals surface area (Å²) in [5.74, 6) is -0.954. The van der Waals surface area contributed by atoms with Gasteiger partial charge in [-0.05, 0) is 32.8 Å². The van der Waals surface area contributed by atoms with E-state index in [2.05, 4.69) is 4.57 Å². The lowest BCUT2D eigenvalue weighted by Crippen LogP contribution is -2.38. The van der Waals surface area contributed by atoms with Gasteiger partial charge in [0.1, 0.15) is 6.54 Å². The Bertz CT molecular complexity index is 503. The van der Waals surface area contributed by atoms with Crippen LogP contribution in [0.25, 0.3) is 0 Å². The second-order valence-electron chi connectivity index (χ2n) is 5.50. The number of aliphatic carboxylic acids is 1. The number of hydrogen-bond donors (Lipinski definition) is 1. The van der Waals surface area contributed by atoms with Crippen LogP contribution in [0.15, 0.2) is 6.07 Å². The molecule has 0 saturated heterocycles. The van der Waals surface area contributed by atoms with Gasteiger partial charge in [-0.3, -0.25) is 9.59 Å². The first kappa shape index (κ1) is 16.3. The van der Waals surface area contributed by atoms with Crippen molar-refractivity contribution in [1.29, 1.82) is 0 Å². The molecule has 0 aliphatic carbocycles. The molecule has 0 unspecified atom stereocenters. The Morgan fingerprint density at radius 1 is 1.35 bits per heavy atom.